The summed E-state index contributed by atoms with van der Waals surface area (Å²) >= 11 is 1.75. The Balaban J connectivity index is 0.00000118. The Kier molecular flexibility index (Phi) is 8.95. The molecule has 1 aliphatic heterocycles. The van der Waals surface area contributed by atoms with E-state index in [2.05, 4.69) is 60.6 Å². The average molecular weight is 568 g/mol. The molecule has 2 atom stereocenters. The van der Waals surface area contributed by atoms with Crippen molar-refractivity contribution in [1.82, 2.24) is 4.98 Å². The molecule has 2 aliphatic carbocycles. The van der Waals surface area contributed by atoms with Gasteiger partial charge in [-0.2, -0.15) is 11.8 Å². The smallest absolute Gasteiger partial charge is 0.111 e. The van der Waals surface area contributed by atoms with Crippen LogP contribution in [-0.2, 0) is 27.1 Å². The molecule has 2 unspecified atom stereocenters. The zero-order valence-electron chi connectivity index (χ0n) is 26.9. The number of ether oxygens (including phenoxy) is 2. The molecule has 40 heavy (non-hydrogen) atoms. The SMILES string of the molecule is CC(C)c1nc2c(c3c1C(c1ccc(C(C)(C)O)cc1)OC31CCCC1)C(OC(C)(C)C)CC(C)(C)C2.CSC. The van der Waals surface area contributed by atoms with Crippen molar-refractivity contribution < 1.29 is 14.6 Å². The fourth-order valence-electron chi connectivity index (χ4n) is 6.98. The Labute approximate surface area is 248 Å². The zero-order chi connectivity index (χ0) is 29.7. The molecule has 1 aromatic heterocycles. The van der Waals surface area contributed by atoms with Gasteiger partial charge in [-0.15, -0.1) is 0 Å². The Morgan fingerprint density at radius 1 is 1.00 bits per heavy atom. The maximum atomic E-state index is 10.5. The molecule has 1 aromatic carbocycles. The topological polar surface area (TPSA) is 51.6 Å². The van der Waals surface area contributed by atoms with Crippen LogP contribution in [0.4, 0.5) is 0 Å². The van der Waals surface area contributed by atoms with Crippen molar-refractivity contribution in [2.24, 2.45) is 5.41 Å². The van der Waals surface area contributed by atoms with Crippen LogP contribution in [0.2, 0.25) is 0 Å². The van der Waals surface area contributed by atoms with Crippen LogP contribution in [0.25, 0.3) is 0 Å². The van der Waals surface area contributed by atoms with E-state index in [0.29, 0.717) is 5.92 Å². The van der Waals surface area contributed by atoms with E-state index in [-0.39, 0.29) is 28.8 Å². The van der Waals surface area contributed by atoms with E-state index >= 15 is 0 Å². The standard InChI is InChI=1S/C33H47NO3.C2H6S/c1-20(2)28-26-27(25-23(34-28)18-31(6,7)19-24(25)36-30(3,4)5)33(16-10-11-17-33)37-29(26)21-12-14-22(15-13-21)32(8,9)35;1-3-2/h12-15,20,24,29,35H,10-11,16-19H2,1-9H3;1-2H3. The van der Waals surface area contributed by atoms with Gasteiger partial charge in [-0.25, -0.2) is 0 Å². The molecule has 0 saturated heterocycles. The number of fused-ring (bicyclic) bond motifs is 4. The summed E-state index contributed by atoms with van der Waals surface area (Å²) in [6, 6.07) is 8.39. The molecule has 5 heteroatoms. The number of hydrogen-bond donors (Lipinski definition) is 1. The van der Waals surface area contributed by atoms with Gasteiger partial charge in [-0.05, 0) is 101 Å². The molecule has 4 nitrogen and oxygen atoms in total. The number of aromatic nitrogens is 1. The van der Waals surface area contributed by atoms with E-state index in [9.17, 15) is 5.11 Å². The van der Waals surface area contributed by atoms with Crippen LogP contribution in [0.15, 0.2) is 24.3 Å². The van der Waals surface area contributed by atoms with Gasteiger partial charge in [0.25, 0.3) is 0 Å². The Morgan fingerprint density at radius 3 is 2.08 bits per heavy atom. The molecule has 2 aromatic rings. The minimum absolute atomic E-state index is 0.0126. The molecular weight excluding hydrogens is 514 g/mol. The number of benzene rings is 1. The van der Waals surface area contributed by atoms with Gasteiger partial charge in [-0.3, -0.25) is 4.98 Å². The second-order valence-corrected chi connectivity index (χ2v) is 15.7. The highest BCUT2D eigenvalue weighted by Gasteiger charge is 2.53. The van der Waals surface area contributed by atoms with Crippen molar-refractivity contribution >= 4 is 11.8 Å². The first-order valence-corrected chi connectivity index (χ1v) is 16.8. The highest BCUT2D eigenvalue weighted by molar-refractivity contribution is 7.97. The monoisotopic (exact) mass is 567 g/mol. The molecule has 1 spiro atoms. The number of thioether (sulfide) groups is 1. The quantitative estimate of drug-likeness (QED) is 0.399. The third-order valence-electron chi connectivity index (χ3n) is 8.52. The van der Waals surface area contributed by atoms with E-state index in [4.69, 9.17) is 14.5 Å². The lowest BCUT2D eigenvalue weighted by Gasteiger charge is -2.42. The largest absolute Gasteiger partial charge is 0.386 e. The molecule has 0 bridgehead atoms. The highest BCUT2D eigenvalue weighted by atomic mass is 32.2. The van der Waals surface area contributed by atoms with Crippen molar-refractivity contribution in [3.05, 3.63) is 63.5 Å². The van der Waals surface area contributed by atoms with Gasteiger partial charge in [0.1, 0.15) is 6.10 Å². The lowest BCUT2D eigenvalue weighted by atomic mass is 9.70. The van der Waals surface area contributed by atoms with Gasteiger partial charge in [0.2, 0.25) is 0 Å². The fourth-order valence-corrected chi connectivity index (χ4v) is 6.98. The Morgan fingerprint density at radius 2 is 1.57 bits per heavy atom. The van der Waals surface area contributed by atoms with Gasteiger partial charge < -0.3 is 14.6 Å². The molecule has 3 aliphatic rings. The van der Waals surface area contributed by atoms with Crippen LogP contribution in [0.1, 0.15) is 152 Å². The number of hydrogen-bond acceptors (Lipinski definition) is 5. The van der Waals surface area contributed by atoms with Crippen molar-refractivity contribution in [3.63, 3.8) is 0 Å². The number of nitrogens with zero attached hydrogens (tertiary/aromatic N) is 1. The van der Waals surface area contributed by atoms with Crippen LogP contribution in [0.5, 0.6) is 0 Å². The minimum Gasteiger partial charge on any atom is -0.386 e. The predicted molar refractivity (Wildman–Crippen MR) is 168 cm³/mol. The molecule has 5 rings (SSSR count). The van der Waals surface area contributed by atoms with Crippen LogP contribution in [0, 0.1) is 5.41 Å². The van der Waals surface area contributed by atoms with Gasteiger partial charge in [0.15, 0.2) is 0 Å². The minimum atomic E-state index is -0.867. The fraction of sp³-hybridized carbons (Fsp3) is 0.686. The Bertz CT molecular complexity index is 1180. The normalized spacial score (nSPS) is 23.1. The van der Waals surface area contributed by atoms with E-state index in [0.717, 1.165) is 36.8 Å². The molecule has 222 valence electrons. The summed E-state index contributed by atoms with van der Waals surface area (Å²) in [6.07, 6.45) is 10.4. The second-order valence-electron chi connectivity index (χ2n) is 14.9. The molecular formula is C35H53NO3S. The van der Waals surface area contributed by atoms with Crippen molar-refractivity contribution in [2.75, 3.05) is 12.5 Å². The number of aliphatic hydroxyl groups is 1. The van der Waals surface area contributed by atoms with Gasteiger partial charge in [0, 0.05) is 22.5 Å². The van der Waals surface area contributed by atoms with Crippen molar-refractivity contribution in [1.29, 1.82) is 0 Å². The number of rotatable bonds is 4. The average Bonchev–Trinajstić information content (AvgIpc) is 3.42. The lowest BCUT2D eigenvalue weighted by Crippen LogP contribution is -2.35. The van der Waals surface area contributed by atoms with Crippen molar-refractivity contribution in [2.45, 2.75) is 136 Å². The third kappa shape index (κ3) is 6.33. The zero-order valence-corrected chi connectivity index (χ0v) is 27.7. The predicted octanol–water partition coefficient (Wildman–Crippen LogP) is 9.13. The summed E-state index contributed by atoms with van der Waals surface area (Å²) in [5.41, 5.74) is 7.23. The molecule has 2 heterocycles. The van der Waals surface area contributed by atoms with Crippen molar-refractivity contribution in [3.8, 4) is 0 Å². The van der Waals surface area contributed by atoms with Gasteiger partial charge in [-0.1, -0.05) is 64.8 Å². The summed E-state index contributed by atoms with van der Waals surface area (Å²) in [5.74, 6) is 0.296. The van der Waals surface area contributed by atoms with E-state index in [1.165, 1.54) is 40.9 Å². The van der Waals surface area contributed by atoms with Crippen LogP contribution < -0.4 is 0 Å². The maximum Gasteiger partial charge on any atom is 0.111 e. The van der Waals surface area contributed by atoms with Gasteiger partial charge >= 0.3 is 0 Å². The van der Waals surface area contributed by atoms with E-state index in [1.54, 1.807) is 11.8 Å². The van der Waals surface area contributed by atoms with Crippen LogP contribution >= 0.6 is 11.8 Å². The first kappa shape index (κ1) is 31.5. The Hall–Kier alpha value is -1.40. The van der Waals surface area contributed by atoms with Crippen LogP contribution in [-0.4, -0.2) is 28.2 Å². The molecule has 1 N–H and O–H groups in total. The molecule has 1 saturated carbocycles. The molecule has 0 radical (unpaired) electrons. The van der Waals surface area contributed by atoms with Gasteiger partial charge in [0.05, 0.1) is 22.9 Å². The molecule has 0 amide bonds. The highest BCUT2D eigenvalue weighted by Crippen LogP contribution is 2.60. The van der Waals surface area contributed by atoms with E-state index in [1.807, 2.05) is 38.5 Å². The van der Waals surface area contributed by atoms with E-state index < -0.39 is 5.60 Å². The first-order chi connectivity index (χ1) is 18.5. The molecule has 1 fully saturated rings. The number of pyridine rings is 1. The lowest BCUT2D eigenvalue weighted by molar-refractivity contribution is -0.0881. The first-order valence-electron chi connectivity index (χ1n) is 15.2. The van der Waals surface area contributed by atoms with Crippen LogP contribution in [0.3, 0.4) is 0 Å². The summed E-state index contributed by atoms with van der Waals surface area (Å²) < 4.78 is 14.1. The maximum absolute atomic E-state index is 10.5. The summed E-state index contributed by atoms with van der Waals surface area (Å²) in [7, 11) is 0. The summed E-state index contributed by atoms with van der Waals surface area (Å²) in [6.45, 7) is 19.4. The summed E-state index contributed by atoms with van der Waals surface area (Å²) in [5, 5.41) is 10.5. The summed E-state index contributed by atoms with van der Waals surface area (Å²) in [4.78, 5) is 5.45. The second kappa shape index (κ2) is 11.4. The third-order valence-corrected chi connectivity index (χ3v) is 8.52.